The number of likely N-dealkylation sites (tertiary alicyclic amines) is 1. The van der Waals surface area contributed by atoms with Gasteiger partial charge in [-0.1, -0.05) is 37.6 Å². The predicted molar refractivity (Wildman–Crippen MR) is 92.6 cm³/mol. The first kappa shape index (κ1) is 17.8. The van der Waals surface area contributed by atoms with Crippen molar-refractivity contribution in [1.29, 1.82) is 0 Å². The third-order valence-corrected chi connectivity index (χ3v) is 4.92. The number of nitrogens with one attached hydrogen (secondary N) is 1. The number of carbonyl (C=O) groups excluding carboxylic acids is 2. The van der Waals surface area contributed by atoms with Crippen LogP contribution in [0.5, 0.6) is 0 Å². The molecule has 2 rings (SSSR count). The molecule has 1 fully saturated rings. The molecule has 0 radical (unpaired) electrons. The Morgan fingerprint density at radius 3 is 2.39 bits per heavy atom. The fourth-order valence-corrected chi connectivity index (χ4v) is 3.27. The average molecular weight is 337 g/mol. The molecular formula is C18H25ClN2O2. The summed E-state index contributed by atoms with van der Waals surface area (Å²) in [7, 11) is 0. The number of piperidine rings is 1. The first-order valence-corrected chi connectivity index (χ1v) is 8.78. The van der Waals surface area contributed by atoms with E-state index in [1.165, 1.54) is 0 Å². The number of nitrogens with zero attached hydrogens (tertiary/aromatic N) is 1. The van der Waals surface area contributed by atoms with Gasteiger partial charge in [-0.05, 0) is 37.8 Å². The molecule has 0 bridgehead atoms. The van der Waals surface area contributed by atoms with Crippen molar-refractivity contribution in [2.45, 2.75) is 45.6 Å². The third kappa shape index (κ3) is 4.47. The summed E-state index contributed by atoms with van der Waals surface area (Å²) < 4.78 is 0. The molecule has 0 aliphatic carbocycles. The average Bonchev–Trinajstić information content (AvgIpc) is 2.57. The number of benzene rings is 1. The Hall–Kier alpha value is -1.55. The summed E-state index contributed by atoms with van der Waals surface area (Å²) >= 11 is 6.05. The molecular weight excluding hydrogens is 312 g/mol. The van der Waals surface area contributed by atoms with Gasteiger partial charge in [-0.25, -0.2) is 0 Å². The highest BCUT2D eigenvalue weighted by atomic mass is 35.5. The molecule has 0 unspecified atom stereocenters. The summed E-state index contributed by atoms with van der Waals surface area (Å²) in [6, 6.07) is 7.15. The lowest BCUT2D eigenvalue weighted by molar-refractivity contribution is -0.136. The van der Waals surface area contributed by atoms with Crippen molar-refractivity contribution in [3.8, 4) is 0 Å². The van der Waals surface area contributed by atoms with Crippen LogP contribution in [0.3, 0.4) is 0 Å². The van der Waals surface area contributed by atoms with E-state index in [4.69, 9.17) is 11.6 Å². The molecule has 126 valence electrons. The van der Waals surface area contributed by atoms with Gasteiger partial charge in [0.15, 0.2) is 0 Å². The van der Waals surface area contributed by atoms with Gasteiger partial charge in [0.2, 0.25) is 5.91 Å². The van der Waals surface area contributed by atoms with Crippen molar-refractivity contribution < 1.29 is 9.59 Å². The van der Waals surface area contributed by atoms with E-state index < -0.39 is 0 Å². The van der Waals surface area contributed by atoms with E-state index in [9.17, 15) is 9.59 Å². The molecule has 0 atom stereocenters. The number of hydrogen-bond acceptors (Lipinski definition) is 2. The van der Waals surface area contributed by atoms with Crippen molar-refractivity contribution >= 4 is 23.4 Å². The molecule has 1 aromatic carbocycles. The molecule has 0 saturated carbocycles. The van der Waals surface area contributed by atoms with Crippen molar-refractivity contribution in [1.82, 2.24) is 10.2 Å². The fourth-order valence-electron chi connectivity index (χ4n) is 3.05. The predicted octanol–water partition coefficient (Wildman–Crippen LogP) is 3.50. The second-order valence-corrected chi connectivity index (χ2v) is 6.47. The molecule has 2 amide bonds. The Labute approximate surface area is 143 Å². The lowest BCUT2D eigenvalue weighted by atomic mass is 9.98. The van der Waals surface area contributed by atoms with Crippen LogP contribution in [0.25, 0.3) is 0 Å². The molecule has 1 aliphatic heterocycles. The van der Waals surface area contributed by atoms with Gasteiger partial charge in [0, 0.05) is 25.0 Å². The first-order chi connectivity index (χ1) is 11.1. The molecule has 1 saturated heterocycles. The highest BCUT2D eigenvalue weighted by molar-refractivity contribution is 6.33. The maximum Gasteiger partial charge on any atom is 0.253 e. The van der Waals surface area contributed by atoms with E-state index in [-0.39, 0.29) is 23.8 Å². The lowest BCUT2D eigenvalue weighted by Crippen LogP contribution is -2.48. The van der Waals surface area contributed by atoms with Crippen molar-refractivity contribution in [3.63, 3.8) is 0 Å². The highest BCUT2D eigenvalue weighted by Crippen LogP contribution is 2.19. The Balaban J connectivity index is 1.86. The van der Waals surface area contributed by atoms with Gasteiger partial charge in [0.1, 0.15) is 0 Å². The molecule has 23 heavy (non-hydrogen) atoms. The van der Waals surface area contributed by atoms with Crippen molar-refractivity contribution in [2.24, 2.45) is 5.92 Å². The molecule has 0 spiro atoms. The molecule has 4 nitrogen and oxygen atoms in total. The third-order valence-electron chi connectivity index (χ3n) is 4.60. The molecule has 0 aromatic heterocycles. The van der Waals surface area contributed by atoms with Gasteiger partial charge >= 0.3 is 0 Å². The Morgan fingerprint density at radius 1 is 1.22 bits per heavy atom. The van der Waals surface area contributed by atoms with Gasteiger partial charge < -0.3 is 10.2 Å². The summed E-state index contributed by atoms with van der Waals surface area (Å²) in [4.78, 5) is 26.6. The van der Waals surface area contributed by atoms with Crippen LogP contribution in [0.4, 0.5) is 0 Å². The zero-order chi connectivity index (χ0) is 16.8. The molecule has 1 aromatic rings. The van der Waals surface area contributed by atoms with E-state index in [0.29, 0.717) is 23.7 Å². The number of rotatable bonds is 5. The maximum absolute atomic E-state index is 12.4. The normalized spacial score (nSPS) is 15.7. The molecule has 1 aliphatic rings. The van der Waals surface area contributed by atoms with Crippen molar-refractivity contribution in [3.05, 3.63) is 34.9 Å². The Bertz CT molecular complexity index is 550. The van der Waals surface area contributed by atoms with E-state index in [1.807, 2.05) is 4.90 Å². The standard InChI is InChI=1S/C18H25ClN2O2/c1-3-13(4-2)18(23)21-11-9-14(10-12-21)20-17(22)15-7-5-6-8-16(15)19/h5-8,13-14H,3-4,9-12H2,1-2H3,(H,20,22). The van der Waals surface area contributed by atoms with Crippen LogP contribution < -0.4 is 5.32 Å². The molecule has 1 N–H and O–H groups in total. The Morgan fingerprint density at radius 2 is 1.83 bits per heavy atom. The number of amides is 2. The quantitative estimate of drug-likeness (QED) is 0.894. The lowest BCUT2D eigenvalue weighted by Gasteiger charge is -2.34. The second kappa shape index (κ2) is 8.34. The molecule has 1 heterocycles. The van der Waals surface area contributed by atoms with Crippen LogP contribution in [0.1, 0.15) is 49.9 Å². The summed E-state index contributed by atoms with van der Waals surface area (Å²) in [6.07, 6.45) is 3.36. The van der Waals surface area contributed by atoms with E-state index in [1.54, 1.807) is 24.3 Å². The second-order valence-electron chi connectivity index (χ2n) is 6.07. The van der Waals surface area contributed by atoms with Crippen LogP contribution in [-0.4, -0.2) is 35.8 Å². The summed E-state index contributed by atoms with van der Waals surface area (Å²) in [5.41, 5.74) is 0.504. The van der Waals surface area contributed by atoms with Gasteiger partial charge in [0.05, 0.1) is 10.6 Å². The minimum absolute atomic E-state index is 0.101. The number of carbonyl (C=O) groups is 2. The number of hydrogen-bond donors (Lipinski definition) is 1. The molecule has 5 heteroatoms. The SMILES string of the molecule is CCC(CC)C(=O)N1CCC(NC(=O)c2ccccc2Cl)CC1. The van der Waals surface area contributed by atoms with Gasteiger partial charge in [-0.3, -0.25) is 9.59 Å². The Kier molecular flexibility index (Phi) is 6.46. The van der Waals surface area contributed by atoms with E-state index in [0.717, 1.165) is 25.7 Å². The first-order valence-electron chi connectivity index (χ1n) is 8.41. The smallest absolute Gasteiger partial charge is 0.253 e. The zero-order valence-corrected chi connectivity index (χ0v) is 14.6. The number of halogens is 1. The van der Waals surface area contributed by atoms with Crippen LogP contribution in [0.2, 0.25) is 5.02 Å². The summed E-state index contributed by atoms with van der Waals surface area (Å²) in [6.45, 7) is 5.54. The van der Waals surface area contributed by atoms with Crippen LogP contribution in [0, 0.1) is 5.92 Å². The fraction of sp³-hybridized carbons (Fsp3) is 0.556. The van der Waals surface area contributed by atoms with Crippen LogP contribution in [-0.2, 0) is 4.79 Å². The minimum Gasteiger partial charge on any atom is -0.349 e. The zero-order valence-electron chi connectivity index (χ0n) is 13.8. The summed E-state index contributed by atoms with van der Waals surface area (Å²) in [5.74, 6) is 0.246. The van der Waals surface area contributed by atoms with Crippen LogP contribution in [0.15, 0.2) is 24.3 Å². The topological polar surface area (TPSA) is 49.4 Å². The van der Waals surface area contributed by atoms with Gasteiger partial charge in [-0.2, -0.15) is 0 Å². The van der Waals surface area contributed by atoms with E-state index in [2.05, 4.69) is 19.2 Å². The minimum atomic E-state index is -0.139. The highest BCUT2D eigenvalue weighted by Gasteiger charge is 2.27. The largest absolute Gasteiger partial charge is 0.349 e. The van der Waals surface area contributed by atoms with Gasteiger partial charge in [-0.15, -0.1) is 0 Å². The van der Waals surface area contributed by atoms with E-state index >= 15 is 0 Å². The maximum atomic E-state index is 12.4. The summed E-state index contributed by atoms with van der Waals surface area (Å²) in [5, 5.41) is 3.50. The van der Waals surface area contributed by atoms with Crippen molar-refractivity contribution in [2.75, 3.05) is 13.1 Å². The van der Waals surface area contributed by atoms with Gasteiger partial charge in [0.25, 0.3) is 5.91 Å². The monoisotopic (exact) mass is 336 g/mol. The van der Waals surface area contributed by atoms with Crippen LogP contribution >= 0.6 is 11.6 Å².